The fraction of sp³-hybridized carbons (Fsp3) is 0.900. The molecule has 1 saturated heterocycles. The van der Waals surface area contributed by atoms with Gasteiger partial charge in [0.1, 0.15) is 0 Å². The summed E-state index contributed by atoms with van der Waals surface area (Å²) < 4.78 is 5.44. The summed E-state index contributed by atoms with van der Waals surface area (Å²) in [5, 5.41) is 0. The average molecular weight is 310 g/mol. The van der Waals surface area contributed by atoms with E-state index in [0.717, 1.165) is 6.61 Å². The minimum Gasteiger partial charge on any atom is -0.378 e. The van der Waals surface area contributed by atoms with Crippen molar-refractivity contribution < 1.29 is 4.74 Å². The van der Waals surface area contributed by atoms with Crippen LogP contribution < -0.4 is 5.73 Å². The van der Waals surface area contributed by atoms with Crippen LogP contribution in [-0.2, 0) is 4.74 Å². The van der Waals surface area contributed by atoms with Crippen molar-refractivity contribution in [1.29, 1.82) is 0 Å². The monoisotopic (exact) mass is 309 g/mol. The van der Waals surface area contributed by atoms with Crippen LogP contribution in [0.2, 0.25) is 0 Å². The summed E-state index contributed by atoms with van der Waals surface area (Å²) in [4.78, 5) is 0. The van der Waals surface area contributed by atoms with Gasteiger partial charge >= 0.3 is 0 Å². The molecule has 2 heteroatoms. The van der Waals surface area contributed by atoms with E-state index >= 15 is 0 Å². The van der Waals surface area contributed by atoms with E-state index < -0.39 is 0 Å². The van der Waals surface area contributed by atoms with Gasteiger partial charge in [0.05, 0.1) is 6.10 Å². The SMILES string of the molecule is CCCCCCCC/C=C\CCCC(N)CCCC1CCO1. The summed E-state index contributed by atoms with van der Waals surface area (Å²) >= 11 is 0. The van der Waals surface area contributed by atoms with Gasteiger partial charge in [-0.2, -0.15) is 0 Å². The first-order valence-corrected chi connectivity index (χ1v) is 9.85. The van der Waals surface area contributed by atoms with Gasteiger partial charge in [-0.1, -0.05) is 51.2 Å². The third kappa shape index (κ3) is 11.3. The molecule has 2 unspecified atom stereocenters. The highest BCUT2D eigenvalue weighted by molar-refractivity contribution is 4.82. The van der Waals surface area contributed by atoms with E-state index in [1.807, 2.05) is 0 Å². The van der Waals surface area contributed by atoms with E-state index in [1.54, 1.807) is 0 Å². The van der Waals surface area contributed by atoms with Crippen molar-refractivity contribution in [1.82, 2.24) is 0 Å². The first kappa shape index (κ1) is 19.7. The summed E-state index contributed by atoms with van der Waals surface area (Å²) in [6.45, 7) is 3.25. The van der Waals surface area contributed by atoms with Gasteiger partial charge in [-0.25, -0.2) is 0 Å². The van der Waals surface area contributed by atoms with Crippen molar-refractivity contribution in [3.8, 4) is 0 Å². The Morgan fingerprint density at radius 1 is 0.955 bits per heavy atom. The molecule has 0 amide bonds. The van der Waals surface area contributed by atoms with Crippen LogP contribution in [0.25, 0.3) is 0 Å². The molecule has 0 aromatic carbocycles. The van der Waals surface area contributed by atoms with E-state index in [0.29, 0.717) is 12.1 Å². The van der Waals surface area contributed by atoms with Crippen LogP contribution in [0, 0.1) is 0 Å². The molecule has 0 aromatic heterocycles. The largest absolute Gasteiger partial charge is 0.378 e. The molecule has 22 heavy (non-hydrogen) atoms. The summed E-state index contributed by atoms with van der Waals surface area (Å²) in [5.74, 6) is 0. The van der Waals surface area contributed by atoms with Gasteiger partial charge in [0.15, 0.2) is 0 Å². The number of hydrogen-bond donors (Lipinski definition) is 1. The molecule has 0 saturated carbocycles. The van der Waals surface area contributed by atoms with Gasteiger partial charge in [-0.15, -0.1) is 0 Å². The zero-order valence-electron chi connectivity index (χ0n) is 14.9. The van der Waals surface area contributed by atoms with Crippen molar-refractivity contribution in [3.63, 3.8) is 0 Å². The Balaban J connectivity index is 1.78. The lowest BCUT2D eigenvalue weighted by atomic mass is 10.0. The molecule has 0 aromatic rings. The van der Waals surface area contributed by atoms with Crippen molar-refractivity contribution in [2.75, 3.05) is 6.61 Å². The van der Waals surface area contributed by atoms with Crippen LogP contribution >= 0.6 is 0 Å². The molecule has 2 N–H and O–H groups in total. The second-order valence-corrected chi connectivity index (χ2v) is 6.93. The third-order valence-electron chi connectivity index (χ3n) is 4.73. The van der Waals surface area contributed by atoms with Crippen LogP contribution in [0.4, 0.5) is 0 Å². The average Bonchev–Trinajstić information content (AvgIpc) is 2.47. The number of allylic oxidation sites excluding steroid dienone is 2. The lowest BCUT2D eigenvalue weighted by molar-refractivity contribution is -0.0557. The van der Waals surface area contributed by atoms with Crippen molar-refractivity contribution in [3.05, 3.63) is 12.2 Å². The Labute approximate surface area is 138 Å². The molecule has 1 aliphatic rings. The first-order valence-electron chi connectivity index (χ1n) is 9.85. The minimum absolute atomic E-state index is 0.395. The molecule has 2 atom stereocenters. The van der Waals surface area contributed by atoms with Crippen LogP contribution in [0.3, 0.4) is 0 Å². The molecule has 1 rings (SSSR count). The quantitative estimate of drug-likeness (QED) is 0.309. The highest BCUT2D eigenvalue weighted by Gasteiger charge is 2.17. The molecule has 1 aliphatic heterocycles. The van der Waals surface area contributed by atoms with E-state index in [4.69, 9.17) is 10.5 Å². The Morgan fingerprint density at radius 2 is 1.59 bits per heavy atom. The zero-order valence-corrected chi connectivity index (χ0v) is 14.9. The number of rotatable bonds is 15. The lowest BCUT2D eigenvalue weighted by Gasteiger charge is -2.26. The second kappa shape index (κ2) is 14.3. The van der Waals surface area contributed by atoms with Crippen molar-refractivity contribution in [2.24, 2.45) is 5.73 Å². The minimum atomic E-state index is 0.395. The fourth-order valence-corrected chi connectivity index (χ4v) is 3.04. The lowest BCUT2D eigenvalue weighted by Crippen LogP contribution is -2.27. The molecule has 0 radical (unpaired) electrons. The molecular weight excluding hydrogens is 270 g/mol. The van der Waals surface area contributed by atoms with Crippen LogP contribution in [0.1, 0.15) is 96.8 Å². The highest BCUT2D eigenvalue weighted by atomic mass is 16.5. The molecule has 1 heterocycles. The summed E-state index contributed by atoms with van der Waals surface area (Å²) in [6.07, 6.45) is 23.4. The normalized spacial score (nSPS) is 19.5. The van der Waals surface area contributed by atoms with E-state index in [2.05, 4.69) is 19.1 Å². The van der Waals surface area contributed by atoms with Crippen LogP contribution in [-0.4, -0.2) is 18.8 Å². The van der Waals surface area contributed by atoms with Gasteiger partial charge in [0.2, 0.25) is 0 Å². The number of unbranched alkanes of at least 4 members (excludes halogenated alkanes) is 7. The van der Waals surface area contributed by atoms with Gasteiger partial charge < -0.3 is 10.5 Å². The molecule has 1 fully saturated rings. The smallest absolute Gasteiger partial charge is 0.0597 e. The molecule has 0 bridgehead atoms. The van der Waals surface area contributed by atoms with Gasteiger partial charge in [0.25, 0.3) is 0 Å². The molecule has 2 nitrogen and oxygen atoms in total. The Morgan fingerprint density at radius 3 is 2.27 bits per heavy atom. The van der Waals surface area contributed by atoms with Gasteiger partial charge in [-0.05, 0) is 57.8 Å². The van der Waals surface area contributed by atoms with Gasteiger partial charge in [-0.3, -0.25) is 0 Å². The number of ether oxygens (including phenoxy) is 1. The number of nitrogens with two attached hydrogens (primary N) is 1. The predicted molar refractivity (Wildman–Crippen MR) is 97.2 cm³/mol. The molecule has 130 valence electrons. The topological polar surface area (TPSA) is 35.2 Å². The Hall–Kier alpha value is -0.340. The maximum absolute atomic E-state index is 6.17. The standard InChI is InChI=1S/C20H39NO/c1-2-3-4-5-6-7-8-9-10-11-12-14-19(21)15-13-16-20-17-18-22-20/h9-10,19-20H,2-8,11-18,21H2,1H3/b10-9-. The van der Waals surface area contributed by atoms with E-state index in [-0.39, 0.29) is 0 Å². The molecule has 0 spiro atoms. The Bertz CT molecular complexity index is 260. The van der Waals surface area contributed by atoms with E-state index in [9.17, 15) is 0 Å². The van der Waals surface area contributed by atoms with Crippen molar-refractivity contribution in [2.45, 2.75) is 109 Å². The molecular formula is C20H39NO. The maximum Gasteiger partial charge on any atom is 0.0597 e. The fourth-order valence-electron chi connectivity index (χ4n) is 3.04. The summed E-state index contributed by atoms with van der Waals surface area (Å²) in [7, 11) is 0. The second-order valence-electron chi connectivity index (χ2n) is 6.93. The summed E-state index contributed by atoms with van der Waals surface area (Å²) in [5.41, 5.74) is 6.17. The van der Waals surface area contributed by atoms with Crippen LogP contribution in [0.5, 0.6) is 0 Å². The maximum atomic E-state index is 6.17. The first-order chi connectivity index (χ1) is 10.8. The Kier molecular flexibility index (Phi) is 12.8. The highest BCUT2D eigenvalue weighted by Crippen LogP contribution is 2.18. The summed E-state index contributed by atoms with van der Waals surface area (Å²) in [6, 6.07) is 0.395. The van der Waals surface area contributed by atoms with Crippen LogP contribution in [0.15, 0.2) is 12.2 Å². The van der Waals surface area contributed by atoms with E-state index in [1.165, 1.54) is 89.9 Å². The predicted octanol–water partition coefficient (Wildman–Crippen LogP) is 5.75. The number of hydrogen-bond acceptors (Lipinski definition) is 2. The van der Waals surface area contributed by atoms with Gasteiger partial charge in [0, 0.05) is 12.6 Å². The zero-order chi connectivity index (χ0) is 15.9. The molecule has 0 aliphatic carbocycles. The third-order valence-corrected chi connectivity index (χ3v) is 4.73. The van der Waals surface area contributed by atoms with Crippen molar-refractivity contribution >= 4 is 0 Å².